The van der Waals surface area contributed by atoms with Crippen LogP contribution in [0.4, 0.5) is 4.39 Å². The number of halogens is 1. The van der Waals surface area contributed by atoms with E-state index in [0.717, 1.165) is 17.0 Å². The maximum Gasteiger partial charge on any atom is 0.222 e. The second-order valence-corrected chi connectivity index (χ2v) is 4.80. The lowest BCUT2D eigenvalue weighted by Gasteiger charge is -2.06. The van der Waals surface area contributed by atoms with Gasteiger partial charge in [-0.2, -0.15) is 5.10 Å². The van der Waals surface area contributed by atoms with E-state index in [0.29, 0.717) is 19.5 Å². The summed E-state index contributed by atoms with van der Waals surface area (Å²) in [5.41, 5.74) is 2.88. The highest BCUT2D eigenvalue weighted by molar-refractivity contribution is 5.75. The van der Waals surface area contributed by atoms with Crippen LogP contribution in [0.5, 0.6) is 0 Å². The van der Waals surface area contributed by atoms with Gasteiger partial charge in [-0.15, -0.1) is 0 Å². The first-order chi connectivity index (χ1) is 9.54. The number of amides is 1. The molecule has 106 valence electrons. The Morgan fingerprint density at radius 3 is 2.60 bits per heavy atom. The zero-order valence-corrected chi connectivity index (χ0v) is 11.7. The molecule has 0 aliphatic carbocycles. The fourth-order valence-electron chi connectivity index (χ4n) is 2.00. The quantitative estimate of drug-likeness (QED) is 0.910. The minimum absolute atomic E-state index is 0.0399. The Balaban J connectivity index is 1.78. The molecule has 2 rings (SSSR count). The molecule has 20 heavy (non-hydrogen) atoms. The zero-order chi connectivity index (χ0) is 14.5. The molecule has 0 unspecified atom stereocenters. The first kappa shape index (κ1) is 14.2. The molecule has 0 radical (unpaired) electrons. The van der Waals surface area contributed by atoms with Crippen molar-refractivity contribution < 1.29 is 9.18 Å². The van der Waals surface area contributed by atoms with Crippen LogP contribution >= 0.6 is 0 Å². The van der Waals surface area contributed by atoms with Crippen LogP contribution in [0, 0.1) is 19.7 Å². The van der Waals surface area contributed by atoms with E-state index in [9.17, 15) is 9.18 Å². The highest BCUT2D eigenvalue weighted by Gasteiger charge is 2.05. The predicted octanol–water partition coefficient (Wildman–Crippen LogP) is 2.35. The summed E-state index contributed by atoms with van der Waals surface area (Å²) in [6, 6.07) is 8.08. The number of nitrogens with zero attached hydrogens (tertiary/aromatic N) is 2. The largest absolute Gasteiger partial charge is 0.352 e. The molecule has 1 aromatic heterocycles. The minimum atomic E-state index is -0.274. The molecule has 0 bridgehead atoms. The third-order valence-corrected chi connectivity index (χ3v) is 3.06. The van der Waals surface area contributed by atoms with Crippen LogP contribution in [0.3, 0.4) is 0 Å². The van der Waals surface area contributed by atoms with Crippen molar-refractivity contribution in [3.63, 3.8) is 0 Å². The van der Waals surface area contributed by atoms with Gasteiger partial charge in [-0.05, 0) is 37.6 Å². The van der Waals surface area contributed by atoms with Crippen molar-refractivity contribution in [2.45, 2.75) is 33.4 Å². The van der Waals surface area contributed by atoms with Crippen molar-refractivity contribution in [2.24, 2.45) is 0 Å². The standard InChI is InChI=1S/C15H18FN3O/c1-11-9-12(2)19(18-11)8-7-15(20)17-10-13-3-5-14(16)6-4-13/h3-6,9H,7-8,10H2,1-2H3,(H,17,20). The van der Waals surface area contributed by atoms with E-state index >= 15 is 0 Å². The summed E-state index contributed by atoms with van der Waals surface area (Å²) in [7, 11) is 0. The van der Waals surface area contributed by atoms with Gasteiger partial charge in [0.1, 0.15) is 5.82 Å². The molecule has 0 saturated heterocycles. The molecule has 1 N–H and O–H groups in total. The van der Waals surface area contributed by atoms with Crippen molar-refractivity contribution in [1.29, 1.82) is 0 Å². The van der Waals surface area contributed by atoms with Gasteiger partial charge >= 0.3 is 0 Å². The highest BCUT2D eigenvalue weighted by Crippen LogP contribution is 2.04. The number of hydrogen-bond acceptors (Lipinski definition) is 2. The Labute approximate surface area is 117 Å². The first-order valence-electron chi connectivity index (χ1n) is 6.57. The molecular weight excluding hydrogens is 257 g/mol. The number of aryl methyl sites for hydroxylation is 3. The second-order valence-electron chi connectivity index (χ2n) is 4.80. The molecule has 1 heterocycles. The van der Waals surface area contributed by atoms with Crippen LogP contribution in [-0.2, 0) is 17.9 Å². The van der Waals surface area contributed by atoms with Crippen LogP contribution < -0.4 is 5.32 Å². The van der Waals surface area contributed by atoms with Crippen molar-refractivity contribution in [2.75, 3.05) is 0 Å². The van der Waals surface area contributed by atoms with E-state index in [-0.39, 0.29) is 11.7 Å². The number of benzene rings is 1. The number of hydrogen-bond donors (Lipinski definition) is 1. The third kappa shape index (κ3) is 3.91. The summed E-state index contributed by atoms with van der Waals surface area (Å²) >= 11 is 0. The summed E-state index contributed by atoms with van der Waals surface area (Å²) in [4.78, 5) is 11.7. The van der Waals surface area contributed by atoms with Crippen molar-refractivity contribution >= 4 is 5.91 Å². The molecule has 4 nitrogen and oxygen atoms in total. The Bertz CT molecular complexity index is 590. The third-order valence-electron chi connectivity index (χ3n) is 3.06. The highest BCUT2D eigenvalue weighted by atomic mass is 19.1. The van der Waals surface area contributed by atoms with E-state index in [1.807, 2.05) is 24.6 Å². The van der Waals surface area contributed by atoms with E-state index in [1.54, 1.807) is 12.1 Å². The molecule has 2 aromatic rings. The smallest absolute Gasteiger partial charge is 0.222 e. The lowest BCUT2D eigenvalue weighted by atomic mass is 10.2. The molecule has 0 saturated carbocycles. The Hall–Kier alpha value is -2.17. The molecule has 0 aliphatic heterocycles. The predicted molar refractivity (Wildman–Crippen MR) is 74.6 cm³/mol. The van der Waals surface area contributed by atoms with E-state index in [1.165, 1.54) is 12.1 Å². The summed E-state index contributed by atoms with van der Waals surface area (Å²) in [5.74, 6) is -0.313. The fraction of sp³-hybridized carbons (Fsp3) is 0.333. The SMILES string of the molecule is Cc1cc(C)n(CCC(=O)NCc2ccc(F)cc2)n1. The molecule has 5 heteroatoms. The number of nitrogens with one attached hydrogen (secondary N) is 1. The van der Waals surface area contributed by atoms with E-state index in [2.05, 4.69) is 10.4 Å². The maximum atomic E-state index is 12.7. The number of aromatic nitrogens is 2. The van der Waals surface area contributed by atoms with Gasteiger partial charge in [0, 0.05) is 25.2 Å². The molecule has 0 aliphatic rings. The molecule has 0 fully saturated rings. The lowest BCUT2D eigenvalue weighted by Crippen LogP contribution is -2.24. The maximum absolute atomic E-state index is 12.7. The van der Waals surface area contributed by atoms with E-state index < -0.39 is 0 Å². The van der Waals surface area contributed by atoms with Gasteiger partial charge in [-0.25, -0.2) is 4.39 Å². The first-order valence-corrected chi connectivity index (χ1v) is 6.57. The molecule has 0 atom stereocenters. The van der Waals surface area contributed by atoms with E-state index in [4.69, 9.17) is 0 Å². The Morgan fingerprint density at radius 2 is 2.00 bits per heavy atom. The summed E-state index contributed by atoms with van der Waals surface area (Å²) in [5, 5.41) is 7.12. The number of carbonyl (C=O) groups is 1. The van der Waals surface area contributed by atoms with Gasteiger partial charge in [-0.1, -0.05) is 12.1 Å². The van der Waals surface area contributed by atoms with Crippen LogP contribution in [0.1, 0.15) is 23.4 Å². The van der Waals surface area contributed by atoms with Gasteiger partial charge in [0.05, 0.1) is 5.69 Å². The van der Waals surface area contributed by atoms with Crippen LogP contribution in [0.15, 0.2) is 30.3 Å². The van der Waals surface area contributed by atoms with Crippen LogP contribution in [0.2, 0.25) is 0 Å². The molecule has 1 amide bonds. The van der Waals surface area contributed by atoms with Crippen LogP contribution in [0.25, 0.3) is 0 Å². The topological polar surface area (TPSA) is 46.9 Å². The average Bonchev–Trinajstić information content (AvgIpc) is 2.74. The van der Waals surface area contributed by atoms with Gasteiger partial charge in [0.15, 0.2) is 0 Å². The zero-order valence-electron chi connectivity index (χ0n) is 11.7. The van der Waals surface area contributed by atoms with Crippen molar-refractivity contribution in [3.8, 4) is 0 Å². The van der Waals surface area contributed by atoms with Gasteiger partial charge in [0.25, 0.3) is 0 Å². The lowest BCUT2D eigenvalue weighted by molar-refractivity contribution is -0.121. The summed E-state index contributed by atoms with van der Waals surface area (Å²) in [6.45, 7) is 4.87. The molecule has 1 aromatic carbocycles. The Kier molecular flexibility index (Phi) is 4.50. The van der Waals surface area contributed by atoms with Crippen LogP contribution in [-0.4, -0.2) is 15.7 Å². The van der Waals surface area contributed by atoms with Crippen molar-refractivity contribution in [1.82, 2.24) is 15.1 Å². The average molecular weight is 275 g/mol. The van der Waals surface area contributed by atoms with Gasteiger partial charge < -0.3 is 5.32 Å². The van der Waals surface area contributed by atoms with Gasteiger partial charge in [0.2, 0.25) is 5.91 Å². The summed E-state index contributed by atoms with van der Waals surface area (Å²) in [6.07, 6.45) is 0.378. The normalized spacial score (nSPS) is 10.6. The fourth-order valence-corrected chi connectivity index (χ4v) is 2.00. The summed E-state index contributed by atoms with van der Waals surface area (Å²) < 4.78 is 14.6. The monoisotopic (exact) mass is 275 g/mol. The molecule has 0 spiro atoms. The molecular formula is C15H18FN3O. The number of carbonyl (C=O) groups excluding carboxylic acids is 1. The number of rotatable bonds is 5. The van der Waals surface area contributed by atoms with Crippen molar-refractivity contribution in [3.05, 3.63) is 53.1 Å². The minimum Gasteiger partial charge on any atom is -0.352 e. The second kappa shape index (κ2) is 6.32. The van der Waals surface area contributed by atoms with Gasteiger partial charge in [-0.3, -0.25) is 9.48 Å². The Morgan fingerprint density at radius 1 is 1.30 bits per heavy atom.